The van der Waals surface area contributed by atoms with Gasteiger partial charge in [0.2, 0.25) is 10.0 Å². The van der Waals surface area contributed by atoms with E-state index in [-0.39, 0.29) is 4.90 Å². The highest BCUT2D eigenvalue weighted by Crippen LogP contribution is 2.53. The fourth-order valence-electron chi connectivity index (χ4n) is 3.56. The highest BCUT2D eigenvalue weighted by atomic mass is 32.2. The van der Waals surface area contributed by atoms with E-state index in [1.807, 2.05) is 0 Å². The summed E-state index contributed by atoms with van der Waals surface area (Å²) in [5.41, 5.74) is 1.70. The first-order valence-corrected chi connectivity index (χ1v) is 9.72. The molecule has 0 radical (unpaired) electrons. The Morgan fingerprint density at radius 3 is 2.04 bits per heavy atom. The molecule has 0 aromatic heterocycles. The molecule has 0 amide bonds. The van der Waals surface area contributed by atoms with Crippen molar-refractivity contribution in [1.82, 2.24) is 0 Å². The van der Waals surface area contributed by atoms with Crippen molar-refractivity contribution < 1.29 is 22.3 Å². The molecule has 1 saturated carbocycles. The molecule has 1 aliphatic heterocycles. The van der Waals surface area contributed by atoms with Gasteiger partial charge in [0.15, 0.2) is 0 Å². The summed E-state index contributed by atoms with van der Waals surface area (Å²) in [4.78, 5) is 12.6. The van der Waals surface area contributed by atoms with Gasteiger partial charge in [-0.15, -0.1) is 0 Å². The Morgan fingerprint density at radius 2 is 1.54 bits per heavy atom. The molecular weight excluding hydrogens is 357 g/mol. The number of esters is 1. The molecule has 0 bridgehead atoms. The first-order chi connectivity index (χ1) is 12.3. The van der Waals surface area contributed by atoms with E-state index in [1.54, 1.807) is 24.3 Å². The van der Waals surface area contributed by atoms with Crippen LogP contribution in [0.5, 0.6) is 0 Å². The van der Waals surface area contributed by atoms with E-state index in [2.05, 4.69) is 0 Å². The van der Waals surface area contributed by atoms with Crippen LogP contribution < -0.4 is 5.14 Å². The number of primary sulfonamides is 1. The van der Waals surface area contributed by atoms with Crippen LogP contribution in [-0.2, 0) is 19.6 Å². The molecule has 2 aromatic carbocycles. The lowest BCUT2D eigenvalue weighted by Crippen LogP contribution is -2.38. The Balaban J connectivity index is 1.90. The van der Waals surface area contributed by atoms with Gasteiger partial charge in [0, 0.05) is 5.57 Å². The van der Waals surface area contributed by atoms with Crippen molar-refractivity contribution in [3.05, 3.63) is 65.5 Å². The van der Waals surface area contributed by atoms with Gasteiger partial charge in [0.25, 0.3) is 0 Å². The van der Waals surface area contributed by atoms with Gasteiger partial charge in [-0.1, -0.05) is 24.3 Å². The lowest BCUT2D eigenvalue weighted by molar-refractivity contribution is -0.149. The Hall–Kier alpha value is -2.51. The monoisotopic (exact) mass is 373 g/mol. The van der Waals surface area contributed by atoms with Gasteiger partial charge in [-0.2, -0.15) is 0 Å². The zero-order valence-corrected chi connectivity index (χ0v) is 14.6. The summed E-state index contributed by atoms with van der Waals surface area (Å²) in [7, 11) is -3.80. The fourth-order valence-corrected chi connectivity index (χ4v) is 4.07. The molecule has 1 spiro atoms. The molecule has 0 saturated heterocycles. The maximum Gasteiger partial charge on any atom is 0.340 e. The van der Waals surface area contributed by atoms with Gasteiger partial charge in [-0.25, -0.2) is 22.7 Å². The third kappa shape index (κ3) is 2.64. The van der Waals surface area contributed by atoms with Crippen molar-refractivity contribution in [3.8, 4) is 0 Å². The molecule has 2 aromatic rings. The topological polar surface area (TPSA) is 86.5 Å². The molecular formula is C19H16FNO4S. The van der Waals surface area contributed by atoms with E-state index in [9.17, 15) is 17.6 Å². The number of halogens is 1. The van der Waals surface area contributed by atoms with Crippen LogP contribution in [0.1, 0.15) is 30.4 Å². The summed E-state index contributed by atoms with van der Waals surface area (Å²) in [6.45, 7) is 0. The maximum atomic E-state index is 13.3. The Labute approximate surface area is 150 Å². The zero-order valence-electron chi connectivity index (χ0n) is 13.7. The van der Waals surface area contributed by atoms with Crippen LogP contribution in [0, 0.1) is 5.82 Å². The normalized spacial score (nSPS) is 18.8. The average Bonchev–Trinajstić information content (AvgIpc) is 2.89. The van der Waals surface area contributed by atoms with Crippen molar-refractivity contribution in [1.29, 1.82) is 0 Å². The molecule has 0 atom stereocenters. The van der Waals surface area contributed by atoms with Crippen molar-refractivity contribution in [2.45, 2.75) is 29.8 Å². The SMILES string of the molecule is NS(=O)(=O)c1ccc(C2=C(c3ccc(F)cc3)C(=O)OC23CCC3)cc1. The molecule has 1 fully saturated rings. The second kappa shape index (κ2) is 5.75. The fraction of sp³-hybridized carbons (Fsp3) is 0.211. The van der Waals surface area contributed by atoms with E-state index >= 15 is 0 Å². The van der Waals surface area contributed by atoms with E-state index in [0.29, 0.717) is 29.5 Å². The predicted molar refractivity (Wildman–Crippen MR) is 93.7 cm³/mol. The summed E-state index contributed by atoms with van der Waals surface area (Å²) in [6, 6.07) is 11.8. The standard InChI is InChI=1S/C19H16FNO4S/c20-14-6-2-12(3-7-14)16-17(19(10-1-11-19)25-18(16)22)13-4-8-15(9-5-13)26(21,23)24/h2-9H,1,10-11H2,(H2,21,23,24). The third-order valence-electron chi connectivity index (χ3n) is 4.96. The summed E-state index contributed by atoms with van der Waals surface area (Å²) >= 11 is 0. The van der Waals surface area contributed by atoms with Gasteiger partial charge in [0.1, 0.15) is 11.4 Å². The van der Waals surface area contributed by atoms with Crippen LogP contribution in [0.15, 0.2) is 53.4 Å². The quantitative estimate of drug-likeness (QED) is 0.838. The molecule has 5 nitrogen and oxygen atoms in total. The van der Waals surface area contributed by atoms with Gasteiger partial charge in [0.05, 0.1) is 10.5 Å². The molecule has 2 aliphatic rings. The molecule has 4 rings (SSSR count). The second-order valence-electron chi connectivity index (χ2n) is 6.56. The summed E-state index contributed by atoms with van der Waals surface area (Å²) in [5.74, 6) is -0.833. The lowest BCUT2D eigenvalue weighted by Gasteiger charge is -2.39. The number of carbonyl (C=O) groups is 1. The molecule has 7 heteroatoms. The minimum Gasteiger partial charge on any atom is -0.451 e. The highest BCUT2D eigenvalue weighted by molar-refractivity contribution is 7.89. The van der Waals surface area contributed by atoms with E-state index in [0.717, 1.165) is 12.0 Å². The second-order valence-corrected chi connectivity index (χ2v) is 8.13. The first kappa shape index (κ1) is 16.9. The van der Waals surface area contributed by atoms with Gasteiger partial charge in [-0.05, 0) is 54.7 Å². The van der Waals surface area contributed by atoms with Crippen molar-refractivity contribution in [2.75, 3.05) is 0 Å². The number of rotatable bonds is 3. The van der Waals surface area contributed by atoms with Crippen LogP contribution in [0.3, 0.4) is 0 Å². The molecule has 1 aliphatic carbocycles. The van der Waals surface area contributed by atoms with Crippen molar-refractivity contribution in [2.24, 2.45) is 5.14 Å². The van der Waals surface area contributed by atoms with E-state index < -0.39 is 27.4 Å². The predicted octanol–water partition coefficient (Wildman–Crippen LogP) is 2.86. The van der Waals surface area contributed by atoms with Gasteiger partial charge >= 0.3 is 5.97 Å². The first-order valence-electron chi connectivity index (χ1n) is 8.17. The van der Waals surface area contributed by atoms with Crippen LogP contribution in [-0.4, -0.2) is 20.0 Å². The highest BCUT2D eigenvalue weighted by Gasteiger charge is 2.52. The number of benzene rings is 2. The van der Waals surface area contributed by atoms with Crippen molar-refractivity contribution in [3.63, 3.8) is 0 Å². The summed E-state index contributed by atoms with van der Waals surface area (Å²) in [5, 5.41) is 5.15. The lowest BCUT2D eigenvalue weighted by atomic mass is 9.71. The number of ether oxygens (including phenoxy) is 1. The largest absolute Gasteiger partial charge is 0.451 e. The number of hydrogen-bond acceptors (Lipinski definition) is 4. The summed E-state index contributed by atoms with van der Waals surface area (Å²) < 4.78 is 41.9. The van der Waals surface area contributed by atoms with Crippen LogP contribution in [0.25, 0.3) is 11.1 Å². The third-order valence-corrected chi connectivity index (χ3v) is 5.89. The number of nitrogens with two attached hydrogens (primary N) is 1. The minimum absolute atomic E-state index is 0.00177. The molecule has 134 valence electrons. The van der Waals surface area contributed by atoms with Crippen LogP contribution in [0.2, 0.25) is 0 Å². The molecule has 0 unspecified atom stereocenters. The van der Waals surface area contributed by atoms with Crippen LogP contribution >= 0.6 is 0 Å². The maximum absolute atomic E-state index is 13.3. The Morgan fingerprint density at radius 1 is 0.962 bits per heavy atom. The minimum atomic E-state index is -3.80. The Bertz CT molecular complexity index is 1020. The van der Waals surface area contributed by atoms with Crippen molar-refractivity contribution >= 4 is 27.1 Å². The number of hydrogen-bond donors (Lipinski definition) is 1. The van der Waals surface area contributed by atoms with Crippen LogP contribution in [0.4, 0.5) is 4.39 Å². The van der Waals surface area contributed by atoms with E-state index in [1.165, 1.54) is 24.3 Å². The summed E-state index contributed by atoms with van der Waals surface area (Å²) in [6.07, 6.45) is 2.34. The Kier molecular flexibility index (Phi) is 3.75. The smallest absolute Gasteiger partial charge is 0.340 e. The average molecular weight is 373 g/mol. The molecule has 2 N–H and O–H groups in total. The number of carbonyl (C=O) groups excluding carboxylic acids is 1. The number of sulfonamides is 1. The van der Waals surface area contributed by atoms with Gasteiger partial charge < -0.3 is 4.74 Å². The molecule has 1 heterocycles. The van der Waals surface area contributed by atoms with E-state index in [4.69, 9.17) is 9.88 Å². The molecule has 26 heavy (non-hydrogen) atoms. The van der Waals surface area contributed by atoms with Gasteiger partial charge in [-0.3, -0.25) is 0 Å². The zero-order chi connectivity index (χ0) is 18.5.